The van der Waals surface area contributed by atoms with Crippen LogP contribution in [0.3, 0.4) is 0 Å². The van der Waals surface area contributed by atoms with Gasteiger partial charge in [0.15, 0.2) is 0 Å². The van der Waals surface area contributed by atoms with E-state index in [1.165, 1.54) is 22.3 Å². The van der Waals surface area contributed by atoms with Crippen molar-refractivity contribution < 1.29 is 5.11 Å². The van der Waals surface area contributed by atoms with E-state index in [0.717, 1.165) is 32.6 Å². The van der Waals surface area contributed by atoms with Crippen molar-refractivity contribution >= 4 is 0 Å². The molecule has 0 aromatic heterocycles. The zero-order chi connectivity index (χ0) is 13.8. The van der Waals surface area contributed by atoms with Crippen molar-refractivity contribution in [3.63, 3.8) is 0 Å². The van der Waals surface area contributed by atoms with Gasteiger partial charge in [-0.15, -0.1) is 0 Å². The van der Waals surface area contributed by atoms with Crippen LogP contribution in [0.25, 0.3) is 0 Å². The van der Waals surface area contributed by atoms with Crippen molar-refractivity contribution in [2.75, 3.05) is 32.8 Å². The average molecular weight is 262 g/mol. The predicted octanol–water partition coefficient (Wildman–Crippen LogP) is 1.94. The fourth-order valence-corrected chi connectivity index (χ4v) is 3.34. The number of hydrogen-bond acceptors (Lipinski definition) is 3. The Kier molecular flexibility index (Phi) is 4.97. The topological polar surface area (TPSA) is 35.5 Å². The fraction of sp³-hybridized carbons (Fsp3) is 0.625. The summed E-state index contributed by atoms with van der Waals surface area (Å²) in [6.07, 6.45) is 0.824. The van der Waals surface area contributed by atoms with Gasteiger partial charge in [-0.3, -0.25) is 4.90 Å². The highest BCUT2D eigenvalue weighted by molar-refractivity contribution is 5.39. The molecule has 0 spiro atoms. The van der Waals surface area contributed by atoms with E-state index in [9.17, 15) is 5.11 Å². The van der Waals surface area contributed by atoms with E-state index in [1.807, 2.05) is 0 Å². The standard InChI is InChI=1S/C16H26N2O/c1-12-10-13(2)16(14(3)11-12)15(4-9-19)18-7-5-17-6-8-18/h10-11,15,17,19H,4-9H2,1-3H3/t15-/m1/s1. The molecule has 3 heteroatoms. The molecular weight excluding hydrogens is 236 g/mol. The van der Waals surface area contributed by atoms with Gasteiger partial charge in [-0.05, 0) is 43.9 Å². The average Bonchev–Trinajstić information content (AvgIpc) is 2.37. The molecule has 1 aliphatic rings. The molecule has 0 bridgehead atoms. The maximum absolute atomic E-state index is 9.42. The van der Waals surface area contributed by atoms with E-state index < -0.39 is 0 Å². The Hall–Kier alpha value is -0.900. The fourth-order valence-electron chi connectivity index (χ4n) is 3.34. The summed E-state index contributed by atoms with van der Waals surface area (Å²) in [5.74, 6) is 0. The molecule has 0 aliphatic carbocycles. The van der Waals surface area contributed by atoms with Gasteiger partial charge in [0, 0.05) is 38.8 Å². The van der Waals surface area contributed by atoms with Crippen LogP contribution in [0.5, 0.6) is 0 Å². The zero-order valence-electron chi connectivity index (χ0n) is 12.4. The number of aryl methyl sites for hydroxylation is 3. The van der Waals surface area contributed by atoms with E-state index in [-0.39, 0.29) is 6.61 Å². The van der Waals surface area contributed by atoms with Crippen molar-refractivity contribution in [1.29, 1.82) is 0 Å². The summed E-state index contributed by atoms with van der Waals surface area (Å²) in [4.78, 5) is 2.51. The number of aliphatic hydroxyl groups excluding tert-OH is 1. The first-order chi connectivity index (χ1) is 9.13. The van der Waals surface area contributed by atoms with E-state index in [1.54, 1.807) is 0 Å². The largest absolute Gasteiger partial charge is 0.396 e. The number of hydrogen-bond donors (Lipinski definition) is 2. The van der Waals surface area contributed by atoms with Gasteiger partial charge in [0.1, 0.15) is 0 Å². The molecule has 0 radical (unpaired) electrons. The van der Waals surface area contributed by atoms with E-state index in [4.69, 9.17) is 0 Å². The van der Waals surface area contributed by atoms with Crippen molar-refractivity contribution in [3.05, 3.63) is 34.4 Å². The Balaban J connectivity index is 2.32. The van der Waals surface area contributed by atoms with E-state index in [0.29, 0.717) is 6.04 Å². The number of nitrogens with zero attached hydrogens (tertiary/aromatic N) is 1. The summed E-state index contributed by atoms with van der Waals surface area (Å²) in [7, 11) is 0. The molecule has 1 aromatic carbocycles. The van der Waals surface area contributed by atoms with Crippen LogP contribution in [0.4, 0.5) is 0 Å². The first-order valence-electron chi connectivity index (χ1n) is 7.27. The monoisotopic (exact) mass is 262 g/mol. The van der Waals surface area contributed by atoms with Crippen LogP contribution >= 0.6 is 0 Å². The molecule has 0 amide bonds. The molecule has 1 aliphatic heterocycles. The third-order valence-corrected chi connectivity index (χ3v) is 4.07. The number of piperazine rings is 1. The smallest absolute Gasteiger partial charge is 0.0449 e. The Bertz CT molecular complexity index is 402. The first kappa shape index (κ1) is 14.5. The molecule has 2 N–H and O–H groups in total. The predicted molar refractivity (Wildman–Crippen MR) is 79.5 cm³/mol. The molecule has 1 fully saturated rings. The molecule has 19 heavy (non-hydrogen) atoms. The van der Waals surface area contributed by atoms with Crippen LogP contribution < -0.4 is 5.32 Å². The lowest BCUT2D eigenvalue weighted by molar-refractivity contribution is 0.140. The molecule has 1 atom stereocenters. The van der Waals surface area contributed by atoms with Gasteiger partial charge in [0.25, 0.3) is 0 Å². The maximum atomic E-state index is 9.42. The highest BCUT2D eigenvalue weighted by Crippen LogP contribution is 2.30. The Labute approximate surface area is 116 Å². The quantitative estimate of drug-likeness (QED) is 0.870. The van der Waals surface area contributed by atoms with Crippen LogP contribution in [-0.4, -0.2) is 42.8 Å². The molecule has 1 heterocycles. The molecule has 106 valence electrons. The molecule has 0 unspecified atom stereocenters. The zero-order valence-corrected chi connectivity index (χ0v) is 12.4. The number of rotatable bonds is 4. The van der Waals surface area contributed by atoms with Gasteiger partial charge in [0.2, 0.25) is 0 Å². The Morgan fingerprint density at radius 1 is 1.16 bits per heavy atom. The Morgan fingerprint density at radius 3 is 2.26 bits per heavy atom. The van der Waals surface area contributed by atoms with Crippen LogP contribution in [0.15, 0.2) is 12.1 Å². The lowest BCUT2D eigenvalue weighted by Gasteiger charge is -2.36. The molecule has 1 saturated heterocycles. The summed E-state index contributed by atoms with van der Waals surface area (Å²) in [6.45, 7) is 11.0. The minimum Gasteiger partial charge on any atom is -0.396 e. The highest BCUT2D eigenvalue weighted by Gasteiger charge is 2.24. The molecule has 3 nitrogen and oxygen atoms in total. The second-order valence-electron chi connectivity index (χ2n) is 5.63. The van der Waals surface area contributed by atoms with Crippen LogP contribution in [0, 0.1) is 20.8 Å². The summed E-state index contributed by atoms with van der Waals surface area (Å²) in [6, 6.07) is 4.87. The van der Waals surface area contributed by atoms with Gasteiger partial charge < -0.3 is 10.4 Å². The van der Waals surface area contributed by atoms with Crippen molar-refractivity contribution in [2.24, 2.45) is 0 Å². The first-order valence-corrected chi connectivity index (χ1v) is 7.27. The summed E-state index contributed by atoms with van der Waals surface area (Å²) < 4.78 is 0. The van der Waals surface area contributed by atoms with E-state index in [2.05, 4.69) is 43.1 Å². The summed E-state index contributed by atoms with van der Waals surface area (Å²) in [5.41, 5.74) is 5.45. The van der Waals surface area contributed by atoms with E-state index >= 15 is 0 Å². The van der Waals surface area contributed by atoms with Gasteiger partial charge in [0.05, 0.1) is 0 Å². The van der Waals surface area contributed by atoms with Crippen LogP contribution in [0.1, 0.15) is 34.7 Å². The summed E-state index contributed by atoms with van der Waals surface area (Å²) in [5, 5.41) is 12.8. The van der Waals surface area contributed by atoms with Gasteiger partial charge in [-0.25, -0.2) is 0 Å². The summed E-state index contributed by atoms with van der Waals surface area (Å²) >= 11 is 0. The van der Waals surface area contributed by atoms with Crippen LogP contribution in [-0.2, 0) is 0 Å². The maximum Gasteiger partial charge on any atom is 0.0449 e. The van der Waals surface area contributed by atoms with Crippen LogP contribution in [0.2, 0.25) is 0 Å². The number of nitrogens with one attached hydrogen (secondary N) is 1. The molecule has 1 aromatic rings. The van der Waals surface area contributed by atoms with Crippen molar-refractivity contribution in [3.8, 4) is 0 Å². The lowest BCUT2D eigenvalue weighted by atomic mass is 9.91. The third-order valence-electron chi connectivity index (χ3n) is 4.07. The number of aliphatic hydroxyl groups is 1. The molecular formula is C16H26N2O. The van der Waals surface area contributed by atoms with Gasteiger partial charge in [-0.1, -0.05) is 17.7 Å². The minimum atomic E-state index is 0.251. The second-order valence-corrected chi connectivity index (χ2v) is 5.63. The minimum absolute atomic E-state index is 0.251. The Morgan fingerprint density at radius 2 is 1.74 bits per heavy atom. The van der Waals surface area contributed by atoms with Gasteiger partial charge in [-0.2, -0.15) is 0 Å². The second kappa shape index (κ2) is 6.51. The van der Waals surface area contributed by atoms with Crippen molar-refractivity contribution in [1.82, 2.24) is 10.2 Å². The SMILES string of the molecule is Cc1cc(C)c([C@@H](CCO)N2CCNCC2)c(C)c1. The third kappa shape index (κ3) is 3.35. The number of benzene rings is 1. The molecule has 2 rings (SSSR count). The highest BCUT2D eigenvalue weighted by atomic mass is 16.3. The van der Waals surface area contributed by atoms with Crippen molar-refractivity contribution in [2.45, 2.75) is 33.2 Å². The molecule has 0 saturated carbocycles. The van der Waals surface area contributed by atoms with Gasteiger partial charge >= 0.3 is 0 Å². The lowest BCUT2D eigenvalue weighted by Crippen LogP contribution is -2.45. The normalized spacial score (nSPS) is 18.5.